The summed E-state index contributed by atoms with van der Waals surface area (Å²) in [5.41, 5.74) is 0.144. The molecule has 9 heteroatoms. The van der Waals surface area contributed by atoms with Crippen LogP contribution in [0.25, 0.3) is 0 Å². The maximum Gasteiger partial charge on any atom is 0.356 e. The molecule has 1 aromatic heterocycles. The fourth-order valence-corrected chi connectivity index (χ4v) is 2.81. The standard InChI is InChI=1S/C16H14ClFN4O3/c17-12-7-10(18)1-2-11(12)15(23)22-5-3-21(4-6-22)14-9-19-13(8-20-14)16(24)25/h1-2,7-9H,3-6H2,(H,24,25). The van der Waals surface area contributed by atoms with Crippen LogP contribution in [0.1, 0.15) is 20.8 Å². The summed E-state index contributed by atoms with van der Waals surface area (Å²) in [7, 11) is 0. The van der Waals surface area contributed by atoms with Gasteiger partial charge < -0.3 is 14.9 Å². The van der Waals surface area contributed by atoms with Gasteiger partial charge >= 0.3 is 5.97 Å². The van der Waals surface area contributed by atoms with Gasteiger partial charge in [-0.05, 0) is 18.2 Å². The van der Waals surface area contributed by atoms with Crippen LogP contribution in [0, 0.1) is 5.82 Å². The van der Waals surface area contributed by atoms with Gasteiger partial charge in [-0.15, -0.1) is 0 Å². The molecule has 0 saturated carbocycles. The zero-order valence-electron chi connectivity index (χ0n) is 13.0. The lowest BCUT2D eigenvalue weighted by Crippen LogP contribution is -2.49. The lowest BCUT2D eigenvalue weighted by Gasteiger charge is -2.35. The lowest BCUT2D eigenvalue weighted by molar-refractivity contribution is 0.0688. The molecular formula is C16H14ClFN4O3. The van der Waals surface area contributed by atoms with Crippen LogP contribution in [0.15, 0.2) is 30.6 Å². The third-order valence-corrected chi connectivity index (χ3v) is 4.22. The van der Waals surface area contributed by atoms with Crippen molar-refractivity contribution >= 4 is 29.3 Å². The Kier molecular flexibility index (Phi) is 4.80. The van der Waals surface area contributed by atoms with Crippen molar-refractivity contribution < 1.29 is 19.1 Å². The second-order valence-electron chi connectivity index (χ2n) is 5.47. The SMILES string of the molecule is O=C(O)c1cnc(N2CCN(C(=O)c3ccc(F)cc3Cl)CC2)cn1. The summed E-state index contributed by atoms with van der Waals surface area (Å²) in [6.45, 7) is 1.92. The number of carboxylic acid groups (broad SMARTS) is 1. The first-order valence-electron chi connectivity index (χ1n) is 7.50. The van der Waals surface area contributed by atoms with Gasteiger partial charge in [0.05, 0.1) is 23.0 Å². The minimum atomic E-state index is -1.13. The number of aromatic carboxylic acids is 1. The molecule has 0 atom stereocenters. The van der Waals surface area contributed by atoms with E-state index in [2.05, 4.69) is 9.97 Å². The largest absolute Gasteiger partial charge is 0.476 e. The van der Waals surface area contributed by atoms with Gasteiger partial charge in [0.15, 0.2) is 5.69 Å². The zero-order chi connectivity index (χ0) is 18.0. The van der Waals surface area contributed by atoms with Crippen LogP contribution in [0.5, 0.6) is 0 Å². The molecule has 2 aromatic rings. The minimum Gasteiger partial charge on any atom is -0.476 e. The van der Waals surface area contributed by atoms with Crippen LogP contribution < -0.4 is 4.90 Å². The molecule has 1 saturated heterocycles. The van der Waals surface area contributed by atoms with Crippen molar-refractivity contribution in [2.24, 2.45) is 0 Å². The molecule has 0 radical (unpaired) electrons. The number of aromatic nitrogens is 2. The maximum absolute atomic E-state index is 13.1. The van der Waals surface area contributed by atoms with Gasteiger partial charge in [0.2, 0.25) is 0 Å². The number of carboxylic acids is 1. The van der Waals surface area contributed by atoms with Crippen molar-refractivity contribution in [2.75, 3.05) is 31.1 Å². The first-order chi connectivity index (χ1) is 12.0. The smallest absolute Gasteiger partial charge is 0.356 e. The first-order valence-corrected chi connectivity index (χ1v) is 7.88. The molecule has 7 nitrogen and oxygen atoms in total. The van der Waals surface area contributed by atoms with Crippen LogP contribution in [0.4, 0.5) is 10.2 Å². The van der Waals surface area contributed by atoms with Crippen LogP contribution in [0.3, 0.4) is 0 Å². The topological polar surface area (TPSA) is 86.6 Å². The third-order valence-electron chi connectivity index (χ3n) is 3.91. The van der Waals surface area contributed by atoms with E-state index in [1.165, 1.54) is 24.5 Å². The Balaban J connectivity index is 1.65. The van der Waals surface area contributed by atoms with E-state index < -0.39 is 11.8 Å². The average molecular weight is 365 g/mol. The Bertz CT molecular complexity index is 808. The van der Waals surface area contributed by atoms with Crippen molar-refractivity contribution in [3.8, 4) is 0 Å². The van der Waals surface area contributed by atoms with E-state index in [4.69, 9.17) is 16.7 Å². The molecule has 0 aliphatic carbocycles. The highest BCUT2D eigenvalue weighted by Gasteiger charge is 2.24. The minimum absolute atomic E-state index is 0.0857. The number of carbonyl (C=O) groups is 2. The van der Waals surface area contributed by atoms with E-state index >= 15 is 0 Å². The molecule has 1 aromatic carbocycles. The molecule has 130 valence electrons. The molecule has 0 unspecified atom stereocenters. The number of halogens is 2. The van der Waals surface area contributed by atoms with Gasteiger partial charge in [0.25, 0.3) is 5.91 Å². The molecule has 1 N–H and O–H groups in total. The van der Waals surface area contributed by atoms with E-state index in [-0.39, 0.29) is 22.2 Å². The number of anilines is 1. The molecular weight excluding hydrogens is 351 g/mol. The summed E-state index contributed by atoms with van der Waals surface area (Å²) in [6, 6.07) is 3.70. The molecule has 1 fully saturated rings. The van der Waals surface area contributed by atoms with Crippen LogP contribution >= 0.6 is 11.6 Å². The predicted molar refractivity (Wildman–Crippen MR) is 88.5 cm³/mol. The second kappa shape index (κ2) is 7.02. The Morgan fingerprint density at radius 3 is 2.40 bits per heavy atom. The third kappa shape index (κ3) is 3.69. The zero-order valence-corrected chi connectivity index (χ0v) is 13.8. The van der Waals surface area contributed by atoms with Crippen molar-refractivity contribution in [3.63, 3.8) is 0 Å². The summed E-state index contributed by atoms with van der Waals surface area (Å²) in [5, 5.41) is 8.92. The molecule has 3 rings (SSSR count). The van der Waals surface area contributed by atoms with Crippen molar-refractivity contribution in [3.05, 3.63) is 52.7 Å². The summed E-state index contributed by atoms with van der Waals surface area (Å²) in [4.78, 5) is 34.8. The summed E-state index contributed by atoms with van der Waals surface area (Å²) >= 11 is 5.94. The second-order valence-corrected chi connectivity index (χ2v) is 5.88. The highest BCUT2D eigenvalue weighted by molar-refractivity contribution is 6.33. The molecule has 1 aliphatic rings. The van der Waals surface area contributed by atoms with Crippen LogP contribution in [-0.4, -0.2) is 58.0 Å². The molecule has 0 bridgehead atoms. The Labute approximate surface area is 147 Å². The van der Waals surface area contributed by atoms with Gasteiger partial charge in [-0.1, -0.05) is 11.6 Å². The van der Waals surface area contributed by atoms with E-state index in [0.29, 0.717) is 32.0 Å². The number of rotatable bonds is 3. The van der Waals surface area contributed by atoms with Gasteiger partial charge in [-0.25, -0.2) is 19.2 Å². The fourth-order valence-electron chi connectivity index (χ4n) is 2.57. The highest BCUT2D eigenvalue weighted by atomic mass is 35.5. The number of amides is 1. The molecule has 1 amide bonds. The summed E-state index contributed by atoms with van der Waals surface area (Å²) in [6.07, 6.45) is 2.60. The molecule has 1 aliphatic heterocycles. The number of hydrogen-bond acceptors (Lipinski definition) is 5. The lowest BCUT2D eigenvalue weighted by atomic mass is 10.1. The number of piperazine rings is 1. The predicted octanol–water partition coefficient (Wildman–Crippen LogP) is 1.93. The van der Waals surface area contributed by atoms with Gasteiger partial charge in [-0.3, -0.25) is 4.79 Å². The summed E-state index contributed by atoms with van der Waals surface area (Å²) in [5.74, 6) is -1.32. The molecule has 25 heavy (non-hydrogen) atoms. The van der Waals surface area contributed by atoms with E-state index in [1.54, 1.807) is 4.90 Å². The fraction of sp³-hybridized carbons (Fsp3) is 0.250. The highest BCUT2D eigenvalue weighted by Crippen LogP contribution is 2.20. The van der Waals surface area contributed by atoms with Crippen molar-refractivity contribution in [1.82, 2.24) is 14.9 Å². The van der Waals surface area contributed by atoms with Crippen LogP contribution in [-0.2, 0) is 0 Å². The maximum atomic E-state index is 13.1. The number of carbonyl (C=O) groups excluding carboxylic acids is 1. The quantitative estimate of drug-likeness (QED) is 0.895. The molecule has 2 heterocycles. The van der Waals surface area contributed by atoms with Gasteiger partial charge in [0.1, 0.15) is 11.6 Å². The summed E-state index contributed by atoms with van der Waals surface area (Å²) < 4.78 is 13.1. The van der Waals surface area contributed by atoms with Crippen molar-refractivity contribution in [1.29, 1.82) is 0 Å². The van der Waals surface area contributed by atoms with Crippen molar-refractivity contribution in [2.45, 2.75) is 0 Å². The normalized spacial score (nSPS) is 14.5. The van der Waals surface area contributed by atoms with E-state index in [9.17, 15) is 14.0 Å². The average Bonchev–Trinajstić information content (AvgIpc) is 2.61. The Morgan fingerprint density at radius 2 is 1.84 bits per heavy atom. The number of nitrogens with zero attached hydrogens (tertiary/aromatic N) is 4. The first kappa shape index (κ1) is 17.1. The number of benzene rings is 1. The van der Waals surface area contributed by atoms with Gasteiger partial charge in [0, 0.05) is 26.2 Å². The van der Waals surface area contributed by atoms with E-state index in [0.717, 1.165) is 6.07 Å². The van der Waals surface area contributed by atoms with Gasteiger partial charge in [-0.2, -0.15) is 0 Å². The molecule has 0 spiro atoms. The Morgan fingerprint density at radius 1 is 1.12 bits per heavy atom. The number of hydrogen-bond donors (Lipinski definition) is 1. The van der Waals surface area contributed by atoms with Crippen LogP contribution in [0.2, 0.25) is 5.02 Å². The monoisotopic (exact) mass is 364 g/mol. The Hall–Kier alpha value is -2.74. The van der Waals surface area contributed by atoms with E-state index in [1.807, 2.05) is 4.90 Å².